The highest BCUT2D eigenvalue weighted by molar-refractivity contribution is 5.81. The first-order valence-corrected chi connectivity index (χ1v) is 6.79. The van der Waals surface area contributed by atoms with E-state index in [9.17, 15) is 4.79 Å². The molecule has 0 aromatic heterocycles. The predicted octanol–water partition coefficient (Wildman–Crippen LogP) is 1.58. The lowest BCUT2D eigenvalue weighted by Crippen LogP contribution is -2.46. The highest BCUT2D eigenvalue weighted by atomic mass is 16.5. The molecule has 1 saturated carbocycles. The number of carbonyl (C=O) groups excluding carboxylic acids is 1. The first-order chi connectivity index (χ1) is 8.24. The summed E-state index contributed by atoms with van der Waals surface area (Å²) < 4.78 is 4.93. The molecule has 0 heterocycles. The first-order valence-electron chi connectivity index (χ1n) is 6.79. The van der Waals surface area contributed by atoms with E-state index in [1.807, 2.05) is 0 Å². The number of nitrogens with one attached hydrogen (secondary N) is 1. The molecule has 17 heavy (non-hydrogen) atoms. The van der Waals surface area contributed by atoms with Gasteiger partial charge in [0.2, 0.25) is 5.91 Å². The Hall–Kier alpha value is -0.610. The molecule has 4 nitrogen and oxygen atoms in total. The van der Waals surface area contributed by atoms with Gasteiger partial charge in [0.15, 0.2) is 0 Å². The Morgan fingerprint density at radius 1 is 1.29 bits per heavy atom. The molecular weight excluding hydrogens is 216 g/mol. The number of hydrogen-bond acceptors (Lipinski definition) is 3. The van der Waals surface area contributed by atoms with Gasteiger partial charge in [0.25, 0.3) is 0 Å². The Morgan fingerprint density at radius 3 is 2.47 bits per heavy atom. The molecule has 3 N–H and O–H groups in total. The van der Waals surface area contributed by atoms with E-state index in [1.165, 1.54) is 32.1 Å². The van der Waals surface area contributed by atoms with Gasteiger partial charge in [-0.3, -0.25) is 4.79 Å². The molecule has 0 bridgehead atoms. The SMILES string of the molecule is COCCC(N)C(=O)NC1CCCCCCC1. The molecule has 0 aromatic rings. The van der Waals surface area contributed by atoms with Crippen molar-refractivity contribution in [2.75, 3.05) is 13.7 Å². The average Bonchev–Trinajstić information content (AvgIpc) is 2.29. The fraction of sp³-hybridized carbons (Fsp3) is 0.923. The molecule has 1 unspecified atom stereocenters. The van der Waals surface area contributed by atoms with Crippen LogP contribution in [0.1, 0.15) is 51.4 Å². The zero-order chi connectivity index (χ0) is 12.5. The van der Waals surface area contributed by atoms with Gasteiger partial charge in [-0.1, -0.05) is 32.1 Å². The molecule has 100 valence electrons. The van der Waals surface area contributed by atoms with Gasteiger partial charge >= 0.3 is 0 Å². The van der Waals surface area contributed by atoms with Crippen molar-refractivity contribution < 1.29 is 9.53 Å². The summed E-state index contributed by atoms with van der Waals surface area (Å²) in [6, 6.07) is -0.100. The van der Waals surface area contributed by atoms with E-state index in [0.717, 1.165) is 12.8 Å². The van der Waals surface area contributed by atoms with E-state index in [4.69, 9.17) is 10.5 Å². The van der Waals surface area contributed by atoms with E-state index in [-0.39, 0.29) is 5.91 Å². The number of nitrogens with two attached hydrogens (primary N) is 1. The molecule has 4 heteroatoms. The van der Waals surface area contributed by atoms with Crippen molar-refractivity contribution >= 4 is 5.91 Å². The zero-order valence-corrected chi connectivity index (χ0v) is 10.9. The molecule has 1 fully saturated rings. The van der Waals surface area contributed by atoms with Crippen LogP contribution >= 0.6 is 0 Å². The van der Waals surface area contributed by atoms with E-state index >= 15 is 0 Å². The van der Waals surface area contributed by atoms with Gasteiger partial charge in [-0.05, 0) is 19.3 Å². The Labute approximate surface area is 104 Å². The average molecular weight is 242 g/mol. The minimum Gasteiger partial charge on any atom is -0.385 e. The molecule has 0 saturated heterocycles. The van der Waals surface area contributed by atoms with Gasteiger partial charge in [-0.15, -0.1) is 0 Å². The molecule has 0 aromatic carbocycles. The van der Waals surface area contributed by atoms with Crippen LogP contribution in [-0.4, -0.2) is 31.7 Å². The standard InChI is InChI=1S/C13H26N2O2/c1-17-10-9-12(14)13(16)15-11-7-5-3-2-4-6-8-11/h11-12H,2-10,14H2,1H3,(H,15,16). The van der Waals surface area contributed by atoms with Gasteiger partial charge in [-0.2, -0.15) is 0 Å². The van der Waals surface area contributed by atoms with E-state index in [1.54, 1.807) is 7.11 Å². The summed E-state index contributed by atoms with van der Waals surface area (Å²) in [6.45, 7) is 0.541. The van der Waals surface area contributed by atoms with Crippen LogP contribution in [0.2, 0.25) is 0 Å². The Kier molecular flexibility index (Phi) is 7.21. The maximum atomic E-state index is 11.8. The summed E-state index contributed by atoms with van der Waals surface area (Å²) >= 11 is 0. The van der Waals surface area contributed by atoms with Crippen molar-refractivity contribution in [3.8, 4) is 0 Å². The van der Waals surface area contributed by atoms with Crippen molar-refractivity contribution in [3.63, 3.8) is 0 Å². The van der Waals surface area contributed by atoms with Crippen LogP contribution in [0.25, 0.3) is 0 Å². The van der Waals surface area contributed by atoms with Gasteiger partial charge in [0, 0.05) is 19.8 Å². The minimum atomic E-state index is -0.430. The number of ether oxygens (including phenoxy) is 1. The third kappa shape index (κ3) is 6.03. The van der Waals surface area contributed by atoms with E-state index < -0.39 is 6.04 Å². The van der Waals surface area contributed by atoms with Crippen LogP contribution in [0.5, 0.6) is 0 Å². The monoisotopic (exact) mass is 242 g/mol. The Bertz CT molecular complexity index is 213. The fourth-order valence-corrected chi connectivity index (χ4v) is 2.28. The van der Waals surface area contributed by atoms with Crippen LogP contribution in [0.3, 0.4) is 0 Å². The molecular formula is C13H26N2O2. The summed E-state index contributed by atoms with van der Waals surface area (Å²) in [5.41, 5.74) is 5.80. The van der Waals surface area contributed by atoms with Crippen molar-refractivity contribution in [1.29, 1.82) is 0 Å². The number of amides is 1. The number of hydrogen-bond donors (Lipinski definition) is 2. The molecule has 1 rings (SSSR count). The Balaban J connectivity index is 2.27. The smallest absolute Gasteiger partial charge is 0.237 e. The number of rotatable bonds is 5. The van der Waals surface area contributed by atoms with Crippen molar-refractivity contribution in [2.24, 2.45) is 5.73 Å². The molecule has 1 aliphatic carbocycles. The fourth-order valence-electron chi connectivity index (χ4n) is 2.28. The molecule has 1 amide bonds. The summed E-state index contributed by atoms with van der Waals surface area (Å²) in [7, 11) is 1.62. The number of methoxy groups -OCH3 is 1. The molecule has 1 atom stereocenters. The minimum absolute atomic E-state index is 0.0207. The van der Waals surface area contributed by atoms with Crippen LogP contribution in [0.15, 0.2) is 0 Å². The van der Waals surface area contributed by atoms with Crippen LogP contribution in [-0.2, 0) is 9.53 Å². The largest absolute Gasteiger partial charge is 0.385 e. The highest BCUT2D eigenvalue weighted by Crippen LogP contribution is 2.17. The van der Waals surface area contributed by atoms with Gasteiger partial charge in [0.1, 0.15) is 0 Å². The normalized spacial score (nSPS) is 20.4. The second-order valence-electron chi connectivity index (χ2n) is 4.94. The second-order valence-corrected chi connectivity index (χ2v) is 4.94. The highest BCUT2D eigenvalue weighted by Gasteiger charge is 2.18. The van der Waals surface area contributed by atoms with Gasteiger partial charge < -0.3 is 15.8 Å². The van der Waals surface area contributed by atoms with Crippen LogP contribution in [0, 0.1) is 0 Å². The van der Waals surface area contributed by atoms with Crippen molar-refractivity contribution in [1.82, 2.24) is 5.32 Å². The Morgan fingerprint density at radius 2 is 1.88 bits per heavy atom. The van der Waals surface area contributed by atoms with Gasteiger partial charge in [-0.25, -0.2) is 0 Å². The lowest BCUT2D eigenvalue weighted by Gasteiger charge is -2.22. The van der Waals surface area contributed by atoms with Crippen LogP contribution in [0.4, 0.5) is 0 Å². The van der Waals surface area contributed by atoms with Crippen molar-refractivity contribution in [2.45, 2.75) is 63.5 Å². The van der Waals surface area contributed by atoms with Crippen molar-refractivity contribution in [3.05, 3.63) is 0 Å². The van der Waals surface area contributed by atoms with Gasteiger partial charge in [0.05, 0.1) is 6.04 Å². The van der Waals surface area contributed by atoms with E-state index in [2.05, 4.69) is 5.32 Å². The quantitative estimate of drug-likeness (QED) is 0.769. The molecule has 1 aliphatic rings. The lowest BCUT2D eigenvalue weighted by atomic mass is 9.96. The maximum absolute atomic E-state index is 11.8. The second kappa shape index (κ2) is 8.48. The molecule has 0 spiro atoms. The van der Waals surface area contributed by atoms with Crippen LogP contribution < -0.4 is 11.1 Å². The summed E-state index contributed by atoms with van der Waals surface area (Å²) in [5.74, 6) is -0.0207. The summed E-state index contributed by atoms with van der Waals surface area (Å²) in [6.07, 6.45) is 9.16. The molecule has 0 aliphatic heterocycles. The lowest BCUT2D eigenvalue weighted by molar-refractivity contribution is -0.123. The summed E-state index contributed by atoms with van der Waals surface area (Å²) in [4.78, 5) is 11.8. The summed E-state index contributed by atoms with van der Waals surface area (Å²) in [5, 5.41) is 3.08. The first kappa shape index (κ1) is 14.5. The third-order valence-corrected chi connectivity index (χ3v) is 3.42. The topological polar surface area (TPSA) is 64.3 Å². The van der Waals surface area contributed by atoms with E-state index in [0.29, 0.717) is 19.1 Å². The number of carbonyl (C=O) groups is 1. The predicted molar refractivity (Wildman–Crippen MR) is 68.7 cm³/mol. The zero-order valence-electron chi connectivity index (χ0n) is 10.9. The maximum Gasteiger partial charge on any atom is 0.237 e. The third-order valence-electron chi connectivity index (χ3n) is 3.42. The molecule has 0 radical (unpaired) electrons.